The summed E-state index contributed by atoms with van der Waals surface area (Å²) in [5.74, 6) is -3.48. The maximum absolute atomic E-state index is 14.9. The molecule has 1 aliphatic carbocycles. The third-order valence-corrected chi connectivity index (χ3v) is 9.52. The van der Waals surface area contributed by atoms with Crippen LogP contribution in [0, 0.1) is 23.1 Å². The first kappa shape index (κ1) is 44.4. The predicted octanol–water partition coefficient (Wildman–Crippen LogP) is 5.98. The van der Waals surface area contributed by atoms with Crippen molar-refractivity contribution >= 4 is 52.7 Å². The number of hydrogen-bond donors (Lipinski definition) is 5. The fraction of sp³-hybridized carbons (Fsp3) is 0.526. The van der Waals surface area contributed by atoms with E-state index in [1.807, 2.05) is 6.92 Å². The van der Waals surface area contributed by atoms with Crippen molar-refractivity contribution in [3.05, 3.63) is 52.4 Å². The molecule has 1 aliphatic rings. The standard InChI is InChI=1S/C38H51F2N9O7S/c1-7-54-25-12-10-24(11-13-25)49-19-27(33(48-49)32-26(39)14-15-29(40)46-32)44-34(51)28-20-57-36(45-28)23(17-41)18-42-21-55-30(50)9-8-16-43-35(52)31(22(2)3)47-37(53)56-38(4,5)6/h14-15,17-20,22,24-25,31,41-42H,7-13,16,21H2,1-6H3,(H,43,52)(H,44,51)(H,47,53)/b23-18+,41-17?/t24-,25-,31-/m0/s1. The molecule has 16 nitrogen and oxygen atoms in total. The van der Waals surface area contributed by atoms with E-state index in [0.29, 0.717) is 23.6 Å². The van der Waals surface area contributed by atoms with E-state index in [-0.39, 0.29) is 60.5 Å². The normalized spacial score (nSPS) is 16.4. The molecule has 1 atom stereocenters. The number of halogens is 2. The number of amides is 3. The average molecular weight is 816 g/mol. The number of anilines is 1. The van der Waals surface area contributed by atoms with Gasteiger partial charge in [0.2, 0.25) is 11.9 Å². The van der Waals surface area contributed by atoms with Crippen LogP contribution in [0.3, 0.4) is 0 Å². The molecule has 0 aromatic carbocycles. The van der Waals surface area contributed by atoms with Gasteiger partial charge < -0.3 is 40.9 Å². The number of ether oxygens (including phenoxy) is 3. The summed E-state index contributed by atoms with van der Waals surface area (Å²) in [7, 11) is 0. The number of allylic oxidation sites excluding steroid dienone is 1. The van der Waals surface area contributed by atoms with Crippen molar-refractivity contribution in [1.29, 1.82) is 5.41 Å². The maximum atomic E-state index is 14.9. The Kier molecular flexibility index (Phi) is 16.2. The summed E-state index contributed by atoms with van der Waals surface area (Å²) in [6.45, 7) is 11.3. The van der Waals surface area contributed by atoms with E-state index in [1.165, 1.54) is 11.6 Å². The van der Waals surface area contributed by atoms with Crippen molar-refractivity contribution in [3.8, 4) is 11.4 Å². The van der Waals surface area contributed by atoms with Crippen LogP contribution < -0.4 is 21.3 Å². The first-order valence-corrected chi connectivity index (χ1v) is 19.6. The zero-order valence-electron chi connectivity index (χ0n) is 32.9. The minimum Gasteiger partial charge on any atom is -0.444 e. The molecule has 19 heteroatoms. The molecule has 4 rings (SSSR count). The van der Waals surface area contributed by atoms with Gasteiger partial charge in [-0.05, 0) is 77.8 Å². The lowest BCUT2D eigenvalue weighted by molar-refractivity contribution is -0.144. The SMILES string of the molecule is CCO[C@H]1CC[C@H](n2cc(NC(=O)c3csc(/C(C=N)=C/NCOC(=O)CCCNC(=O)[C@@H](NC(=O)OC(C)(C)C)C(C)C)n3)c(-c3nc(F)ccc3F)n2)CC1. The van der Waals surface area contributed by atoms with Gasteiger partial charge in [-0.15, -0.1) is 11.3 Å². The summed E-state index contributed by atoms with van der Waals surface area (Å²) in [4.78, 5) is 58.5. The average Bonchev–Trinajstić information content (AvgIpc) is 3.81. The van der Waals surface area contributed by atoms with Crippen molar-refractivity contribution in [1.82, 2.24) is 35.7 Å². The molecule has 0 bridgehead atoms. The van der Waals surface area contributed by atoms with Crippen LogP contribution in [-0.2, 0) is 23.8 Å². The quantitative estimate of drug-likeness (QED) is 0.0332. The van der Waals surface area contributed by atoms with Crippen LogP contribution in [0.4, 0.5) is 19.3 Å². The molecule has 3 amide bonds. The molecule has 0 unspecified atom stereocenters. The highest BCUT2D eigenvalue weighted by atomic mass is 32.1. The van der Waals surface area contributed by atoms with Crippen LogP contribution in [0.15, 0.2) is 29.9 Å². The fourth-order valence-corrected chi connectivity index (χ4v) is 6.66. The van der Waals surface area contributed by atoms with Crippen molar-refractivity contribution in [3.63, 3.8) is 0 Å². The number of esters is 1. The molecule has 0 spiro atoms. The van der Waals surface area contributed by atoms with Gasteiger partial charge in [0.15, 0.2) is 12.5 Å². The second kappa shape index (κ2) is 20.7. The van der Waals surface area contributed by atoms with Crippen LogP contribution in [0.25, 0.3) is 17.0 Å². The lowest BCUT2D eigenvalue weighted by Gasteiger charge is -2.28. The molecular weight excluding hydrogens is 765 g/mol. The first-order chi connectivity index (χ1) is 27.1. The number of alkyl carbamates (subject to hydrolysis) is 1. The Bertz CT molecular complexity index is 1900. The molecule has 0 aliphatic heterocycles. The second-order valence-corrected chi connectivity index (χ2v) is 15.4. The Morgan fingerprint density at radius 2 is 1.82 bits per heavy atom. The second-order valence-electron chi connectivity index (χ2n) is 14.6. The number of pyridine rings is 1. The minimum atomic E-state index is -0.901. The monoisotopic (exact) mass is 815 g/mol. The zero-order chi connectivity index (χ0) is 41.7. The van der Waals surface area contributed by atoms with E-state index >= 15 is 0 Å². The molecule has 0 saturated heterocycles. The Labute approximate surface area is 334 Å². The Balaban J connectivity index is 1.29. The Morgan fingerprint density at radius 1 is 1.09 bits per heavy atom. The highest BCUT2D eigenvalue weighted by Gasteiger charge is 2.28. The predicted molar refractivity (Wildman–Crippen MR) is 209 cm³/mol. The van der Waals surface area contributed by atoms with E-state index in [1.54, 1.807) is 45.5 Å². The number of nitrogens with one attached hydrogen (secondary N) is 5. The smallest absolute Gasteiger partial charge is 0.408 e. The van der Waals surface area contributed by atoms with E-state index < -0.39 is 47.3 Å². The molecule has 3 aromatic heterocycles. The van der Waals surface area contributed by atoms with Gasteiger partial charge >= 0.3 is 12.1 Å². The Morgan fingerprint density at radius 3 is 2.49 bits per heavy atom. The molecule has 57 heavy (non-hydrogen) atoms. The van der Waals surface area contributed by atoms with Crippen molar-refractivity contribution in [2.75, 3.05) is 25.2 Å². The van der Waals surface area contributed by atoms with Gasteiger partial charge in [0.05, 0.1) is 17.8 Å². The topological polar surface area (TPSA) is 212 Å². The van der Waals surface area contributed by atoms with Gasteiger partial charge in [-0.2, -0.15) is 9.49 Å². The van der Waals surface area contributed by atoms with Crippen LogP contribution in [0.1, 0.15) is 102 Å². The van der Waals surface area contributed by atoms with E-state index in [4.69, 9.17) is 19.6 Å². The molecule has 1 saturated carbocycles. The van der Waals surface area contributed by atoms with Crippen LogP contribution >= 0.6 is 11.3 Å². The number of carbonyl (C=O) groups excluding carboxylic acids is 4. The summed E-state index contributed by atoms with van der Waals surface area (Å²) >= 11 is 1.09. The lowest BCUT2D eigenvalue weighted by Crippen LogP contribution is -2.51. The fourth-order valence-electron chi connectivity index (χ4n) is 5.87. The lowest BCUT2D eigenvalue weighted by atomic mass is 9.93. The molecule has 310 valence electrons. The van der Waals surface area contributed by atoms with Crippen LogP contribution in [-0.4, -0.2) is 87.5 Å². The molecule has 1 fully saturated rings. The molecule has 5 N–H and O–H groups in total. The van der Waals surface area contributed by atoms with Crippen molar-refractivity contribution in [2.45, 2.75) is 104 Å². The van der Waals surface area contributed by atoms with E-state index in [2.05, 4.69) is 36.3 Å². The third-order valence-electron chi connectivity index (χ3n) is 8.63. The maximum Gasteiger partial charge on any atom is 0.408 e. The zero-order valence-corrected chi connectivity index (χ0v) is 33.8. The molecular formula is C38H51F2N9O7S. The minimum absolute atomic E-state index is 0.00482. The Hall–Kier alpha value is -5.30. The van der Waals surface area contributed by atoms with Gasteiger partial charge in [0.1, 0.15) is 33.7 Å². The van der Waals surface area contributed by atoms with Crippen LogP contribution in [0.5, 0.6) is 0 Å². The summed E-state index contributed by atoms with van der Waals surface area (Å²) in [5, 5.41) is 25.0. The molecule has 0 radical (unpaired) electrons. The summed E-state index contributed by atoms with van der Waals surface area (Å²) in [6, 6.07) is 0.983. The highest BCUT2D eigenvalue weighted by molar-refractivity contribution is 7.11. The van der Waals surface area contributed by atoms with Crippen molar-refractivity contribution < 1.29 is 42.2 Å². The summed E-state index contributed by atoms with van der Waals surface area (Å²) in [5.41, 5.74) is -0.663. The summed E-state index contributed by atoms with van der Waals surface area (Å²) < 4.78 is 46.8. The number of thiazole rings is 1. The summed E-state index contributed by atoms with van der Waals surface area (Å²) in [6.07, 6.45) is 6.86. The largest absolute Gasteiger partial charge is 0.444 e. The number of hydrogen-bond acceptors (Lipinski definition) is 13. The highest BCUT2D eigenvalue weighted by Crippen LogP contribution is 2.34. The first-order valence-electron chi connectivity index (χ1n) is 18.8. The molecule has 3 heterocycles. The number of rotatable bonds is 18. The third kappa shape index (κ3) is 13.4. The van der Waals surface area contributed by atoms with Gasteiger partial charge in [0, 0.05) is 49.1 Å². The number of nitrogens with zero attached hydrogens (tertiary/aromatic N) is 4. The van der Waals surface area contributed by atoms with Crippen LogP contribution in [0.2, 0.25) is 0 Å². The van der Waals surface area contributed by atoms with Gasteiger partial charge in [-0.3, -0.25) is 19.1 Å². The van der Waals surface area contributed by atoms with Gasteiger partial charge in [-0.25, -0.2) is 19.2 Å². The number of carbonyl (C=O) groups is 4. The van der Waals surface area contributed by atoms with Gasteiger partial charge in [0.25, 0.3) is 5.91 Å². The number of aromatic nitrogens is 4. The van der Waals surface area contributed by atoms with Crippen molar-refractivity contribution in [2.24, 2.45) is 5.92 Å². The van der Waals surface area contributed by atoms with Gasteiger partial charge in [-0.1, -0.05) is 13.8 Å². The molecule has 3 aromatic rings. The van der Waals surface area contributed by atoms with E-state index in [9.17, 15) is 28.0 Å². The van der Waals surface area contributed by atoms with E-state index in [0.717, 1.165) is 55.4 Å².